The van der Waals surface area contributed by atoms with Crippen LogP contribution in [0.5, 0.6) is 5.75 Å². The van der Waals surface area contributed by atoms with Crippen molar-refractivity contribution in [3.8, 4) is 5.75 Å². The molecule has 100 valence electrons. The Kier molecular flexibility index (Phi) is 3.94. The number of pyridine rings is 1. The molecule has 7 heteroatoms. The van der Waals surface area contributed by atoms with Gasteiger partial charge in [0, 0.05) is 10.5 Å². The van der Waals surface area contributed by atoms with Crippen LogP contribution in [-0.4, -0.2) is 12.1 Å². The molecule has 19 heavy (non-hydrogen) atoms. The van der Waals surface area contributed by atoms with Crippen LogP contribution in [0.4, 0.5) is 24.7 Å². The lowest BCUT2D eigenvalue weighted by Gasteiger charge is -2.11. The van der Waals surface area contributed by atoms with Crippen LogP contribution in [0.3, 0.4) is 0 Å². The first-order valence-corrected chi connectivity index (χ1v) is 5.92. The highest BCUT2D eigenvalue weighted by molar-refractivity contribution is 9.10. The van der Waals surface area contributed by atoms with E-state index >= 15 is 0 Å². The second-order valence-corrected chi connectivity index (χ2v) is 4.48. The van der Waals surface area contributed by atoms with Gasteiger partial charge in [0.05, 0.1) is 12.8 Å². The molecule has 1 N–H and O–H groups in total. The highest BCUT2D eigenvalue weighted by atomic mass is 79.9. The highest BCUT2D eigenvalue weighted by Gasteiger charge is 2.13. The second-order valence-electron chi connectivity index (χ2n) is 3.56. The summed E-state index contributed by atoms with van der Waals surface area (Å²) < 4.78 is 45.0. The van der Waals surface area contributed by atoms with Crippen molar-refractivity contribution in [2.75, 3.05) is 12.4 Å². The number of rotatable bonds is 3. The number of ether oxygens (including phenoxy) is 1. The van der Waals surface area contributed by atoms with E-state index in [0.29, 0.717) is 22.0 Å². The average Bonchev–Trinajstić information content (AvgIpc) is 2.36. The van der Waals surface area contributed by atoms with Gasteiger partial charge in [-0.3, -0.25) is 0 Å². The quantitative estimate of drug-likeness (QED) is 0.862. The molecule has 0 spiro atoms. The van der Waals surface area contributed by atoms with Crippen molar-refractivity contribution in [3.63, 3.8) is 0 Å². The molecule has 3 nitrogen and oxygen atoms in total. The number of aromatic nitrogens is 1. The van der Waals surface area contributed by atoms with Crippen molar-refractivity contribution in [2.45, 2.75) is 0 Å². The van der Waals surface area contributed by atoms with Gasteiger partial charge in [-0.05, 0) is 18.2 Å². The van der Waals surface area contributed by atoms with Gasteiger partial charge in [0.2, 0.25) is 0 Å². The van der Waals surface area contributed by atoms with Gasteiger partial charge in [-0.25, -0.2) is 8.78 Å². The van der Waals surface area contributed by atoms with Crippen molar-refractivity contribution >= 4 is 27.4 Å². The lowest BCUT2D eigenvalue weighted by molar-refractivity contribution is 0.416. The van der Waals surface area contributed by atoms with Crippen LogP contribution in [0.1, 0.15) is 0 Å². The molecule has 2 rings (SSSR count). The smallest absolute Gasteiger partial charge is 0.251 e. The summed E-state index contributed by atoms with van der Waals surface area (Å²) in [6, 6.07) is 5.37. The Morgan fingerprint density at radius 3 is 2.58 bits per heavy atom. The molecule has 0 aliphatic carbocycles. The fourth-order valence-electron chi connectivity index (χ4n) is 1.44. The fraction of sp³-hybridized carbons (Fsp3) is 0.0833. The molecular weight excluding hydrogens is 325 g/mol. The highest BCUT2D eigenvalue weighted by Crippen LogP contribution is 2.31. The minimum Gasteiger partial charge on any atom is -0.495 e. The van der Waals surface area contributed by atoms with Crippen LogP contribution in [0.15, 0.2) is 28.7 Å². The van der Waals surface area contributed by atoms with Gasteiger partial charge >= 0.3 is 0 Å². The number of hydrogen-bond donors (Lipinski definition) is 1. The molecular formula is C12H8BrF3N2O. The summed E-state index contributed by atoms with van der Waals surface area (Å²) in [6.07, 6.45) is 0. The van der Waals surface area contributed by atoms with E-state index in [4.69, 9.17) is 4.74 Å². The van der Waals surface area contributed by atoms with Gasteiger partial charge < -0.3 is 10.1 Å². The van der Waals surface area contributed by atoms with E-state index in [1.165, 1.54) is 7.11 Å². The summed E-state index contributed by atoms with van der Waals surface area (Å²) in [7, 11) is 1.43. The van der Waals surface area contributed by atoms with Crippen LogP contribution in [0, 0.1) is 17.6 Å². The SMILES string of the molecule is COc1ccc(Br)cc1Nc1nc(F)c(F)cc1F. The second kappa shape index (κ2) is 5.48. The van der Waals surface area contributed by atoms with Gasteiger partial charge in [-0.2, -0.15) is 9.37 Å². The van der Waals surface area contributed by atoms with E-state index < -0.39 is 23.4 Å². The van der Waals surface area contributed by atoms with Crippen molar-refractivity contribution in [1.82, 2.24) is 4.98 Å². The average molecular weight is 333 g/mol. The normalized spacial score (nSPS) is 10.4. The zero-order valence-electron chi connectivity index (χ0n) is 9.68. The lowest BCUT2D eigenvalue weighted by atomic mass is 10.3. The first kappa shape index (κ1) is 13.7. The topological polar surface area (TPSA) is 34.1 Å². The van der Waals surface area contributed by atoms with Crippen molar-refractivity contribution in [1.29, 1.82) is 0 Å². The van der Waals surface area contributed by atoms with E-state index in [1.807, 2.05) is 0 Å². The largest absolute Gasteiger partial charge is 0.495 e. The van der Waals surface area contributed by atoms with Gasteiger partial charge in [-0.1, -0.05) is 15.9 Å². The summed E-state index contributed by atoms with van der Waals surface area (Å²) in [4.78, 5) is 3.17. The molecule has 1 aromatic heterocycles. The summed E-state index contributed by atoms with van der Waals surface area (Å²) in [5.41, 5.74) is 0.370. The Morgan fingerprint density at radius 1 is 1.16 bits per heavy atom. The van der Waals surface area contributed by atoms with Gasteiger partial charge in [0.1, 0.15) is 5.75 Å². The van der Waals surface area contributed by atoms with E-state index in [2.05, 4.69) is 26.2 Å². The Labute approximate surface area is 115 Å². The summed E-state index contributed by atoms with van der Waals surface area (Å²) in [5, 5.41) is 2.55. The maximum absolute atomic E-state index is 13.5. The molecule has 0 atom stereocenters. The van der Waals surface area contributed by atoms with Crippen LogP contribution in [-0.2, 0) is 0 Å². The van der Waals surface area contributed by atoms with E-state index in [-0.39, 0.29) is 0 Å². The third-order valence-corrected chi connectivity index (χ3v) is 2.79. The number of hydrogen-bond acceptors (Lipinski definition) is 3. The molecule has 0 bridgehead atoms. The Balaban J connectivity index is 2.41. The Morgan fingerprint density at radius 2 is 1.89 bits per heavy atom. The first-order valence-electron chi connectivity index (χ1n) is 5.13. The summed E-state index contributed by atoms with van der Waals surface area (Å²) >= 11 is 3.24. The van der Waals surface area contributed by atoms with Crippen molar-refractivity contribution < 1.29 is 17.9 Å². The molecule has 0 fully saturated rings. The summed E-state index contributed by atoms with van der Waals surface area (Å²) in [5.74, 6) is -3.73. The number of halogens is 4. The molecule has 0 aliphatic rings. The predicted octanol–water partition coefficient (Wildman–Crippen LogP) is 4.01. The molecule has 0 aliphatic heterocycles. The zero-order valence-corrected chi connectivity index (χ0v) is 11.3. The maximum Gasteiger partial charge on any atom is 0.251 e. The monoisotopic (exact) mass is 332 g/mol. The zero-order chi connectivity index (χ0) is 14.0. The molecule has 1 aromatic carbocycles. The molecule has 0 unspecified atom stereocenters. The first-order chi connectivity index (χ1) is 9.01. The van der Waals surface area contributed by atoms with Crippen LogP contribution >= 0.6 is 15.9 Å². The van der Waals surface area contributed by atoms with E-state index in [0.717, 1.165) is 0 Å². The number of benzene rings is 1. The Hall–Kier alpha value is -1.76. The molecule has 0 saturated carbocycles. The number of anilines is 2. The van der Waals surface area contributed by atoms with Crippen molar-refractivity contribution in [3.05, 3.63) is 46.3 Å². The minimum atomic E-state index is -1.38. The predicted molar refractivity (Wildman–Crippen MR) is 68.1 cm³/mol. The van der Waals surface area contributed by atoms with E-state index in [1.54, 1.807) is 18.2 Å². The van der Waals surface area contributed by atoms with Gasteiger partial charge in [0.25, 0.3) is 5.95 Å². The van der Waals surface area contributed by atoms with Crippen LogP contribution < -0.4 is 10.1 Å². The van der Waals surface area contributed by atoms with Crippen LogP contribution in [0.25, 0.3) is 0 Å². The number of methoxy groups -OCH3 is 1. The molecule has 1 heterocycles. The Bertz CT molecular complexity index is 622. The van der Waals surface area contributed by atoms with Crippen molar-refractivity contribution in [2.24, 2.45) is 0 Å². The van der Waals surface area contributed by atoms with Crippen LogP contribution in [0.2, 0.25) is 0 Å². The number of nitrogens with one attached hydrogen (secondary N) is 1. The maximum atomic E-state index is 13.5. The summed E-state index contributed by atoms with van der Waals surface area (Å²) in [6.45, 7) is 0. The molecule has 2 aromatic rings. The lowest BCUT2D eigenvalue weighted by Crippen LogP contribution is -2.02. The molecule has 0 amide bonds. The molecule has 0 saturated heterocycles. The van der Waals surface area contributed by atoms with Gasteiger partial charge in [0.15, 0.2) is 17.5 Å². The standard InChI is InChI=1S/C12H8BrF3N2O/c1-19-10-3-2-6(13)4-9(10)17-12-8(15)5-7(14)11(16)18-12/h2-5H,1H3,(H,17,18). The number of nitrogens with zero attached hydrogens (tertiary/aromatic N) is 1. The van der Waals surface area contributed by atoms with Gasteiger partial charge in [-0.15, -0.1) is 0 Å². The fourth-order valence-corrected chi connectivity index (χ4v) is 1.80. The van der Waals surface area contributed by atoms with E-state index in [9.17, 15) is 13.2 Å². The molecule has 0 radical (unpaired) electrons. The minimum absolute atomic E-state index is 0.370. The third-order valence-electron chi connectivity index (χ3n) is 2.30. The third kappa shape index (κ3) is 2.98.